The van der Waals surface area contributed by atoms with E-state index in [1.807, 2.05) is 138 Å². The van der Waals surface area contributed by atoms with E-state index in [0.717, 1.165) is 63.5 Å². The fourth-order valence-electron chi connectivity index (χ4n) is 14.4. The number of aromatic nitrogens is 8. The quantitative estimate of drug-likeness (QED) is 0.0644. The van der Waals surface area contributed by atoms with Crippen molar-refractivity contribution in [3.63, 3.8) is 0 Å². The lowest BCUT2D eigenvalue weighted by atomic mass is 9.97. The largest absolute Gasteiger partial charge is 0.573 e. The van der Waals surface area contributed by atoms with Crippen LogP contribution in [0.4, 0.5) is 26.3 Å². The van der Waals surface area contributed by atoms with Crippen molar-refractivity contribution in [2.75, 3.05) is 0 Å². The van der Waals surface area contributed by atoms with Gasteiger partial charge in [0.1, 0.15) is 54.2 Å². The molecule has 4 atom stereocenters. The summed E-state index contributed by atoms with van der Waals surface area (Å²) in [5, 5.41) is 2.86. The van der Waals surface area contributed by atoms with Gasteiger partial charge in [-0.15, -0.1) is 71.7 Å². The highest BCUT2D eigenvalue weighted by Gasteiger charge is 2.37. The van der Waals surface area contributed by atoms with Crippen LogP contribution in [0.15, 0.2) is 183 Å². The summed E-state index contributed by atoms with van der Waals surface area (Å²) >= 11 is 5.74. The Hall–Kier alpha value is -11.3. The van der Waals surface area contributed by atoms with Crippen molar-refractivity contribution >= 4 is 91.6 Å². The Morgan fingerprint density at radius 3 is 0.881 bits per heavy atom. The van der Waals surface area contributed by atoms with Gasteiger partial charge in [-0.3, -0.25) is 38.4 Å². The number of carbonyl (C=O) groups is 8. The molecule has 12 heterocycles. The van der Waals surface area contributed by atoms with Gasteiger partial charge in [0, 0.05) is 62.9 Å². The Kier molecular flexibility index (Phi) is 25.4. The number of alkyl halides is 6. The number of aryl methyl sites for hydroxylation is 2. The molecule has 0 aliphatic carbocycles. The number of rotatable bonds is 20. The van der Waals surface area contributed by atoms with Crippen molar-refractivity contribution in [2.45, 2.75) is 181 Å². The maximum Gasteiger partial charge on any atom is 0.573 e. The van der Waals surface area contributed by atoms with Gasteiger partial charge in [-0.25, -0.2) is 19.9 Å². The average molecular weight is 1690 g/mol. The molecule has 0 spiro atoms. The highest BCUT2D eigenvalue weighted by molar-refractivity contribution is 7.16. The molecule has 118 heavy (non-hydrogen) atoms. The number of halogens is 6. The van der Waals surface area contributed by atoms with Crippen LogP contribution in [-0.4, -0.2) is 108 Å². The summed E-state index contributed by atoms with van der Waals surface area (Å²) in [5.41, 5.74) is 7.26. The maximum absolute atomic E-state index is 13.0. The molecule has 16 rings (SSSR count). The Balaban J connectivity index is 0.000000136. The summed E-state index contributed by atoms with van der Waals surface area (Å²) in [6.07, 6.45) is 5.30. The van der Waals surface area contributed by atoms with Crippen LogP contribution in [0.3, 0.4) is 0 Å². The molecular weight excluding hydrogens is 1600 g/mol. The summed E-state index contributed by atoms with van der Waals surface area (Å²) in [6, 6.07) is 39.9. The number of nitrogens with zero attached hydrogens (tertiary/aromatic N) is 8. The van der Waals surface area contributed by atoms with Crippen LogP contribution in [0, 0.1) is 13.8 Å². The molecule has 0 saturated heterocycles. The van der Waals surface area contributed by atoms with Gasteiger partial charge in [-0.2, -0.15) is 0 Å². The van der Waals surface area contributed by atoms with E-state index in [-0.39, 0.29) is 119 Å². The normalized spacial score (nSPS) is 16.5. The fourth-order valence-corrected chi connectivity index (χ4v) is 18.4. The zero-order valence-electron chi connectivity index (χ0n) is 65.5. The van der Waals surface area contributed by atoms with E-state index in [4.69, 9.17) is 9.47 Å². The van der Waals surface area contributed by atoms with E-state index in [0.29, 0.717) is 95.3 Å². The Morgan fingerprint density at radius 2 is 0.619 bits per heavy atom. The van der Waals surface area contributed by atoms with Crippen LogP contribution in [0.5, 0.6) is 23.0 Å². The minimum absolute atomic E-state index is 0.0234. The summed E-state index contributed by atoms with van der Waals surface area (Å²) in [5.74, 6) is 1.52. The Bertz CT molecular complexity index is 5320. The first-order valence-electron chi connectivity index (χ1n) is 38.1. The zero-order chi connectivity index (χ0) is 84.1. The molecule has 0 amide bonds. The first-order chi connectivity index (χ1) is 56.0. The monoisotopic (exact) mass is 1680 g/mol. The Labute approximate surface area is 691 Å². The van der Waals surface area contributed by atoms with Crippen LogP contribution < -0.4 is 18.9 Å². The molecular formula is C88H82F6N8O12S4. The second-order valence-corrected chi connectivity index (χ2v) is 35.0. The van der Waals surface area contributed by atoms with Crippen LogP contribution in [-0.2, 0) is 44.9 Å². The fraction of sp³-hybridized carbons (Fsp3) is 0.318. The molecule has 0 radical (unpaired) electrons. The third-order valence-corrected chi connectivity index (χ3v) is 24.1. The second kappa shape index (κ2) is 35.5. The van der Waals surface area contributed by atoms with Gasteiger partial charge >= 0.3 is 12.7 Å². The summed E-state index contributed by atoms with van der Waals surface area (Å²) in [6.45, 7) is 16.1. The minimum Gasteiger partial charge on any atom is -0.488 e. The molecule has 4 aliphatic heterocycles. The SMILES string of the molecule is Cc1nc(CC(=O)[C@@H]2CCC(=O)c3cccn32)sc1-c1ccc(OC(C)(C)C)cc1.Cc1nc(CC(=O)[C@H]2CCC(=O)c3cccn32)sc1-c1ccc(OC(C)(C)C)cc1.O=C1CC[C@@H](C(=O)Cc2ncc(-c3ccc(OC(F)(F)F)cc3)s2)n2cccc21.O=C1CC[C@H](C(=O)Cc2ncc(-c3ccc(OC(F)(F)F)cc3)s2)n2cccc21. The predicted molar refractivity (Wildman–Crippen MR) is 437 cm³/mol. The van der Waals surface area contributed by atoms with Crippen molar-refractivity contribution in [3.05, 3.63) is 237 Å². The summed E-state index contributed by atoms with van der Waals surface area (Å²) in [7, 11) is 0. The lowest BCUT2D eigenvalue weighted by Gasteiger charge is -2.24. The standard InChI is InChI=1S/2C24H26N2O3S.2C20H15F3N2O3S/c2*1-15-23(16-7-9-17(10-8-16)29-24(2,3)4)30-22(25-15)14-21(28)19-11-12-20(27)18-6-5-13-26(18)19;2*21-20(22,23)28-13-5-3-12(4-6-13)18-11-24-19(29-18)10-17(27)15-7-8-16(26)14-2-1-9-25(14)15/h2*5-10,13,19H,11-12,14H2,1-4H3;2*1-6,9,11,15H,7-8,10H2/t2*19-;2*15-/m1010/s1. The molecule has 12 aromatic rings. The molecule has 30 heteroatoms. The van der Waals surface area contributed by atoms with Crippen LogP contribution in [0.2, 0.25) is 0 Å². The van der Waals surface area contributed by atoms with Crippen LogP contribution >= 0.6 is 45.3 Å². The van der Waals surface area contributed by atoms with Crippen LogP contribution in [0.1, 0.15) is 190 Å². The smallest absolute Gasteiger partial charge is 0.488 e. The molecule has 4 aliphatic rings. The first kappa shape index (κ1) is 84.6. The molecule has 4 aromatic carbocycles. The lowest BCUT2D eigenvalue weighted by Crippen LogP contribution is -2.28. The van der Waals surface area contributed by atoms with E-state index in [1.54, 1.807) is 93.0 Å². The highest BCUT2D eigenvalue weighted by Crippen LogP contribution is 2.40. The molecule has 612 valence electrons. The van der Waals surface area contributed by atoms with E-state index in [2.05, 4.69) is 29.4 Å². The van der Waals surface area contributed by atoms with Crippen molar-refractivity contribution < 1.29 is 83.6 Å². The van der Waals surface area contributed by atoms with Gasteiger partial charge < -0.3 is 37.2 Å². The number of Topliss-reactive ketones (excluding diaryl/α,β-unsaturated/α-hetero) is 8. The number of benzene rings is 4. The molecule has 0 unspecified atom stereocenters. The number of ether oxygens (including phenoxy) is 4. The summed E-state index contributed by atoms with van der Waals surface area (Å²) in [4.78, 5) is 121. The maximum atomic E-state index is 13.0. The number of ketones is 8. The van der Waals surface area contributed by atoms with E-state index in [9.17, 15) is 64.7 Å². The van der Waals surface area contributed by atoms with Gasteiger partial charge in [0.05, 0.1) is 104 Å². The molecule has 0 fully saturated rings. The zero-order valence-corrected chi connectivity index (χ0v) is 68.8. The van der Waals surface area contributed by atoms with Crippen molar-refractivity contribution in [1.82, 2.24) is 38.2 Å². The molecule has 8 aromatic heterocycles. The number of hydrogen-bond acceptors (Lipinski definition) is 20. The van der Waals surface area contributed by atoms with Gasteiger partial charge in [-0.05, 0) is 249 Å². The molecule has 0 bridgehead atoms. The first-order valence-corrected chi connectivity index (χ1v) is 41.3. The highest BCUT2D eigenvalue weighted by atomic mass is 32.1. The van der Waals surface area contributed by atoms with Crippen molar-refractivity contribution in [1.29, 1.82) is 0 Å². The Morgan fingerprint density at radius 1 is 0.364 bits per heavy atom. The topological polar surface area (TPSA) is 245 Å². The average Bonchev–Trinajstić information content (AvgIpc) is 1.67. The molecule has 0 saturated carbocycles. The number of carbonyl (C=O) groups excluding carboxylic acids is 8. The minimum atomic E-state index is -4.73. The third kappa shape index (κ3) is 21.1. The number of thiazole rings is 4. The summed E-state index contributed by atoms with van der Waals surface area (Å²) < 4.78 is 100. The van der Waals surface area contributed by atoms with Gasteiger partial charge in [-0.1, -0.05) is 0 Å². The molecule has 20 nitrogen and oxygen atoms in total. The number of hydrogen-bond donors (Lipinski definition) is 0. The van der Waals surface area contributed by atoms with Crippen LogP contribution in [0.25, 0.3) is 41.8 Å². The van der Waals surface area contributed by atoms with Gasteiger partial charge in [0.2, 0.25) is 0 Å². The molecule has 0 N–H and O–H groups in total. The van der Waals surface area contributed by atoms with E-state index < -0.39 is 12.7 Å². The van der Waals surface area contributed by atoms with E-state index in [1.165, 1.54) is 71.2 Å². The number of fused-ring (bicyclic) bond motifs is 4. The third-order valence-electron chi connectivity index (χ3n) is 19.6. The van der Waals surface area contributed by atoms with Gasteiger partial charge in [0.25, 0.3) is 0 Å². The van der Waals surface area contributed by atoms with Crippen molar-refractivity contribution in [3.8, 4) is 64.8 Å². The predicted octanol–water partition coefficient (Wildman–Crippen LogP) is 20.5. The van der Waals surface area contributed by atoms with Crippen molar-refractivity contribution in [2.24, 2.45) is 0 Å². The van der Waals surface area contributed by atoms with Gasteiger partial charge in [0.15, 0.2) is 46.3 Å². The lowest BCUT2D eigenvalue weighted by molar-refractivity contribution is -0.275. The second-order valence-electron chi connectivity index (χ2n) is 30.6. The van der Waals surface area contributed by atoms with E-state index >= 15 is 0 Å².